The number of carbonyl (C=O) groups excluding carboxylic acids is 2. The quantitative estimate of drug-likeness (QED) is 0.583. The summed E-state index contributed by atoms with van der Waals surface area (Å²) in [5.74, 6) is -1.13. The molecule has 1 N–H and O–H groups in total. The van der Waals surface area contributed by atoms with Crippen LogP contribution in [0.3, 0.4) is 0 Å². The maximum absolute atomic E-state index is 17.6. The zero-order valence-electron chi connectivity index (χ0n) is 20.9. The molecule has 5 nitrogen and oxygen atoms in total. The lowest BCUT2D eigenvalue weighted by atomic mass is 9.40. The van der Waals surface area contributed by atoms with Crippen molar-refractivity contribution < 1.29 is 32.7 Å². The number of thioether (sulfide) groups is 1. The van der Waals surface area contributed by atoms with Crippen molar-refractivity contribution in [2.75, 3.05) is 19.1 Å². The van der Waals surface area contributed by atoms with Crippen molar-refractivity contribution in [3.8, 4) is 0 Å². The van der Waals surface area contributed by atoms with Crippen LogP contribution >= 0.6 is 11.8 Å². The molecule has 0 radical (unpaired) electrons. The van der Waals surface area contributed by atoms with Gasteiger partial charge in [-0.15, -0.1) is 0 Å². The number of aliphatic hydroxyl groups excluding tert-OH is 1. The summed E-state index contributed by atoms with van der Waals surface area (Å²) in [5, 5.41) is 13.0. The Morgan fingerprint density at radius 3 is 2.67 bits per heavy atom. The van der Waals surface area contributed by atoms with Gasteiger partial charge in [-0.2, -0.15) is 5.06 Å². The normalized spacial score (nSPS) is 51.9. The molecule has 5 aliphatic carbocycles. The molecule has 0 aromatic heterocycles. The summed E-state index contributed by atoms with van der Waals surface area (Å²) < 4.78 is 46.9. The van der Waals surface area contributed by atoms with Gasteiger partial charge in [0.1, 0.15) is 12.2 Å². The Kier molecular flexibility index (Phi) is 5.38. The number of hydrogen-bond donors (Lipinski definition) is 1. The number of rotatable bonds is 4. The molecule has 1 heterocycles. The minimum absolute atomic E-state index is 0.0730. The molecule has 0 aromatic rings. The van der Waals surface area contributed by atoms with Crippen LogP contribution in [0, 0.1) is 34.0 Å². The molecular weight excluding hydrogens is 491 g/mol. The highest BCUT2D eigenvalue weighted by Gasteiger charge is 2.83. The molecule has 9 heteroatoms. The summed E-state index contributed by atoms with van der Waals surface area (Å²) in [6, 6.07) is -0.900. The molecule has 1 saturated heterocycles. The number of aliphatic hydroxyl groups is 1. The van der Waals surface area contributed by atoms with E-state index in [1.807, 2.05) is 18.9 Å². The average molecular weight is 526 g/mol. The van der Waals surface area contributed by atoms with Crippen molar-refractivity contribution in [1.29, 1.82) is 0 Å². The Morgan fingerprint density at radius 1 is 1.28 bits per heavy atom. The fourth-order valence-corrected chi connectivity index (χ4v) is 9.72. The number of nitrogens with zero attached hydrogens (tertiary/aromatic N) is 1. The van der Waals surface area contributed by atoms with Gasteiger partial charge >= 0.3 is 0 Å². The number of hydrogen-bond acceptors (Lipinski definition) is 6. The zero-order valence-corrected chi connectivity index (χ0v) is 21.8. The van der Waals surface area contributed by atoms with Crippen LogP contribution in [-0.4, -0.2) is 63.7 Å². The van der Waals surface area contributed by atoms with Gasteiger partial charge in [0.05, 0.1) is 6.10 Å². The van der Waals surface area contributed by atoms with E-state index in [9.17, 15) is 19.1 Å². The minimum atomic E-state index is -2.24. The molecule has 36 heavy (non-hydrogen) atoms. The lowest BCUT2D eigenvalue weighted by Gasteiger charge is -2.67. The van der Waals surface area contributed by atoms with Crippen LogP contribution < -0.4 is 0 Å². The fraction of sp³-hybridized carbons (Fsp3) is 0.778. The molecule has 198 valence electrons. The summed E-state index contributed by atoms with van der Waals surface area (Å²) in [4.78, 5) is 32.3. The van der Waals surface area contributed by atoms with E-state index in [0.29, 0.717) is 37.2 Å². The van der Waals surface area contributed by atoms with E-state index < -0.39 is 56.8 Å². The van der Waals surface area contributed by atoms with E-state index in [2.05, 4.69) is 0 Å². The van der Waals surface area contributed by atoms with E-state index in [1.165, 1.54) is 18.2 Å². The first kappa shape index (κ1) is 25.1. The molecule has 0 spiro atoms. The van der Waals surface area contributed by atoms with Gasteiger partial charge in [0.2, 0.25) is 5.12 Å². The number of fused-ring (bicyclic) bond motifs is 7. The van der Waals surface area contributed by atoms with E-state index in [0.717, 1.165) is 12.8 Å². The molecule has 5 fully saturated rings. The second-order valence-electron chi connectivity index (χ2n) is 12.6. The van der Waals surface area contributed by atoms with Crippen LogP contribution in [-0.2, 0) is 14.4 Å². The molecule has 4 saturated carbocycles. The average Bonchev–Trinajstić information content (AvgIpc) is 3.51. The zero-order chi connectivity index (χ0) is 25.9. The van der Waals surface area contributed by atoms with Gasteiger partial charge in [-0.25, -0.2) is 13.2 Å². The summed E-state index contributed by atoms with van der Waals surface area (Å²) >= 11 is 0.569. The van der Waals surface area contributed by atoms with Crippen molar-refractivity contribution in [1.82, 2.24) is 5.06 Å². The Bertz CT molecular complexity index is 1080. The molecule has 0 bridgehead atoms. The number of hydroxylamine groups is 2. The van der Waals surface area contributed by atoms with Crippen LogP contribution in [0.4, 0.5) is 13.2 Å². The molecule has 9 atom stereocenters. The van der Waals surface area contributed by atoms with Crippen LogP contribution in [0.15, 0.2) is 23.8 Å². The molecule has 0 amide bonds. The Labute approximate surface area is 213 Å². The standard InChI is InChI=1S/C27H34F3NO4S/c1-23-7-6-17(32)8-18(23)19(29)9-20-24(2)10-16-13-31(12-15-4-5-15)35-27(16,22(34)36-14-28)25(24,3)11-21(33)26(20,23)30/h6-8,15-16,19-21,33H,4-5,9-14H2,1-3H3/t16-,19-,20-,21-,23-,24-,25-,26-,27-/m0/s1. The molecule has 1 aliphatic heterocycles. The third-order valence-corrected chi connectivity index (χ3v) is 11.8. The largest absolute Gasteiger partial charge is 0.390 e. The van der Waals surface area contributed by atoms with E-state index in [4.69, 9.17) is 4.84 Å². The Balaban J connectivity index is 1.47. The maximum atomic E-state index is 17.6. The third kappa shape index (κ3) is 2.81. The minimum Gasteiger partial charge on any atom is -0.390 e. The third-order valence-electron chi connectivity index (χ3n) is 11.1. The van der Waals surface area contributed by atoms with Gasteiger partial charge in [0.15, 0.2) is 17.1 Å². The molecule has 6 rings (SSSR count). The van der Waals surface area contributed by atoms with E-state index >= 15 is 8.78 Å². The first-order valence-electron chi connectivity index (χ1n) is 13.0. The molecule has 6 aliphatic rings. The number of allylic oxidation sites excluding steroid dienone is 4. The molecule has 0 aromatic carbocycles. The Hall–Kier alpha value is -1.16. The first-order valence-corrected chi connectivity index (χ1v) is 14.0. The van der Waals surface area contributed by atoms with Gasteiger partial charge in [-0.05, 0) is 68.1 Å². The van der Waals surface area contributed by atoms with E-state index in [-0.39, 0.29) is 30.1 Å². The van der Waals surface area contributed by atoms with Gasteiger partial charge in [0.25, 0.3) is 0 Å². The van der Waals surface area contributed by atoms with Crippen LogP contribution in [0.1, 0.15) is 52.9 Å². The van der Waals surface area contributed by atoms with E-state index in [1.54, 1.807) is 6.92 Å². The SMILES string of the molecule is C[C@]12C[C@H](O)[C@@]3(F)[C@@H](C[C@H](F)C4=CC(=O)C=C[C@@]43C)[C@]1(C)C[C@H]1CN(CC3CC3)O[C@]12C(=O)SCF. The predicted octanol–water partition coefficient (Wildman–Crippen LogP) is 4.50. The van der Waals surface area contributed by atoms with Crippen LogP contribution in [0.5, 0.6) is 0 Å². The number of alkyl halides is 3. The number of ketones is 1. The molecule has 0 unspecified atom stereocenters. The lowest BCUT2D eigenvalue weighted by molar-refractivity contribution is -0.285. The van der Waals surface area contributed by atoms with Crippen molar-refractivity contribution in [2.24, 2.45) is 34.0 Å². The lowest BCUT2D eigenvalue weighted by Crippen LogP contribution is -2.73. The van der Waals surface area contributed by atoms with Crippen molar-refractivity contribution in [2.45, 2.75) is 76.4 Å². The van der Waals surface area contributed by atoms with Gasteiger partial charge in [-0.1, -0.05) is 31.7 Å². The summed E-state index contributed by atoms with van der Waals surface area (Å²) in [6.07, 6.45) is 3.12. The van der Waals surface area contributed by atoms with Crippen molar-refractivity contribution >= 4 is 22.7 Å². The van der Waals surface area contributed by atoms with Gasteiger partial charge in [-0.3, -0.25) is 14.4 Å². The fourth-order valence-electron chi connectivity index (χ4n) is 8.97. The predicted molar refractivity (Wildman–Crippen MR) is 129 cm³/mol. The smallest absolute Gasteiger partial charge is 0.226 e. The highest BCUT2D eigenvalue weighted by atomic mass is 32.2. The van der Waals surface area contributed by atoms with Crippen LogP contribution in [0.2, 0.25) is 0 Å². The second-order valence-corrected chi connectivity index (χ2v) is 13.5. The molecular formula is C27H34F3NO4S. The summed E-state index contributed by atoms with van der Waals surface area (Å²) in [5.41, 5.74) is -7.03. The van der Waals surface area contributed by atoms with Crippen LogP contribution in [0.25, 0.3) is 0 Å². The highest BCUT2D eigenvalue weighted by Crippen LogP contribution is 2.78. The summed E-state index contributed by atoms with van der Waals surface area (Å²) in [7, 11) is 0. The number of carbonyl (C=O) groups is 2. The monoisotopic (exact) mass is 525 g/mol. The second kappa shape index (κ2) is 7.70. The topological polar surface area (TPSA) is 66.8 Å². The van der Waals surface area contributed by atoms with Crippen molar-refractivity contribution in [3.05, 3.63) is 23.8 Å². The first-order chi connectivity index (χ1) is 16.9. The summed E-state index contributed by atoms with van der Waals surface area (Å²) in [6.45, 7) is 6.49. The highest BCUT2D eigenvalue weighted by molar-refractivity contribution is 8.13. The van der Waals surface area contributed by atoms with Gasteiger partial charge < -0.3 is 5.11 Å². The number of halogens is 3. The maximum Gasteiger partial charge on any atom is 0.226 e. The Morgan fingerprint density at radius 2 is 2.00 bits per heavy atom. The van der Waals surface area contributed by atoms with Gasteiger partial charge in [0, 0.05) is 35.8 Å². The van der Waals surface area contributed by atoms with Crippen molar-refractivity contribution in [3.63, 3.8) is 0 Å².